The molecule has 21 heavy (non-hydrogen) atoms. The number of anilines is 1. The van der Waals surface area contributed by atoms with Gasteiger partial charge in [0.05, 0.1) is 4.90 Å². The number of hydrogen-bond acceptors (Lipinski definition) is 4. The van der Waals surface area contributed by atoms with Gasteiger partial charge in [-0.1, -0.05) is 6.07 Å². The maximum atomic E-state index is 12.4. The van der Waals surface area contributed by atoms with Crippen LogP contribution in [0.2, 0.25) is 0 Å². The molecule has 1 rings (SSSR count). The number of sulfonamides is 1. The van der Waals surface area contributed by atoms with Crippen molar-refractivity contribution in [3.8, 4) is 0 Å². The maximum Gasteiger partial charge on any atom is 0.321 e. The number of nitrogens with zero attached hydrogens (tertiary/aromatic N) is 1. The van der Waals surface area contributed by atoms with Gasteiger partial charge >= 0.3 is 5.97 Å². The third-order valence-electron chi connectivity index (χ3n) is 3.10. The second kappa shape index (κ2) is 6.23. The third kappa shape index (κ3) is 3.79. The van der Waals surface area contributed by atoms with Crippen molar-refractivity contribution in [3.05, 3.63) is 23.8 Å². The Balaban J connectivity index is 3.26. The highest BCUT2D eigenvalue weighted by Crippen LogP contribution is 2.23. The highest BCUT2D eigenvalue weighted by atomic mass is 32.2. The van der Waals surface area contributed by atoms with Gasteiger partial charge in [0.2, 0.25) is 15.9 Å². The van der Waals surface area contributed by atoms with Crippen molar-refractivity contribution in [2.24, 2.45) is 0 Å². The maximum absolute atomic E-state index is 12.4. The monoisotopic (exact) mass is 314 g/mol. The molecule has 1 aromatic rings. The summed E-state index contributed by atoms with van der Waals surface area (Å²) < 4.78 is 25.5. The summed E-state index contributed by atoms with van der Waals surface area (Å²) in [7, 11) is -2.76. The van der Waals surface area contributed by atoms with Gasteiger partial charge in [-0.15, -0.1) is 0 Å². The topological polar surface area (TPSA) is 104 Å². The fraction of sp³-hybridized carbons (Fsp3) is 0.385. The lowest BCUT2D eigenvalue weighted by Gasteiger charge is -2.21. The lowest BCUT2D eigenvalue weighted by atomic mass is 10.2. The molecular formula is C13H18N2O5S. The number of carbonyl (C=O) groups is 2. The van der Waals surface area contributed by atoms with Gasteiger partial charge in [0.15, 0.2) is 0 Å². The van der Waals surface area contributed by atoms with Gasteiger partial charge in [0.25, 0.3) is 0 Å². The molecule has 0 aromatic heterocycles. The van der Waals surface area contributed by atoms with E-state index < -0.39 is 22.0 Å². The number of carboxylic acids is 1. The van der Waals surface area contributed by atoms with Gasteiger partial charge in [0, 0.05) is 19.7 Å². The van der Waals surface area contributed by atoms with E-state index in [1.807, 2.05) is 0 Å². The van der Waals surface area contributed by atoms with Crippen LogP contribution in [-0.2, 0) is 19.6 Å². The minimum absolute atomic E-state index is 0.0764. The molecule has 1 unspecified atom stereocenters. The molecule has 0 radical (unpaired) electrons. The van der Waals surface area contributed by atoms with Crippen LogP contribution in [0.3, 0.4) is 0 Å². The van der Waals surface area contributed by atoms with Crippen molar-refractivity contribution in [1.82, 2.24) is 4.31 Å². The van der Waals surface area contributed by atoms with Crippen molar-refractivity contribution in [2.75, 3.05) is 12.4 Å². The first kappa shape index (κ1) is 17.1. The summed E-state index contributed by atoms with van der Waals surface area (Å²) >= 11 is 0. The largest absolute Gasteiger partial charge is 0.480 e. The van der Waals surface area contributed by atoms with Crippen molar-refractivity contribution >= 4 is 27.6 Å². The predicted molar refractivity (Wildman–Crippen MR) is 77.5 cm³/mol. The number of benzene rings is 1. The fourth-order valence-electron chi connectivity index (χ4n) is 1.62. The van der Waals surface area contributed by atoms with E-state index in [1.54, 1.807) is 13.0 Å². The van der Waals surface area contributed by atoms with E-state index in [0.717, 1.165) is 4.31 Å². The van der Waals surface area contributed by atoms with E-state index in [1.165, 1.54) is 33.0 Å². The van der Waals surface area contributed by atoms with Gasteiger partial charge in [-0.2, -0.15) is 4.31 Å². The Morgan fingerprint density at radius 1 is 1.33 bits per heavy atom. The van der Waals surface area contributed by atoms with Crippen molar-refractivity contribution < 1.29 is 23.1 Å². The van der Waals surface area contributed by atoms with Crippen LogP contribution in [0.25, 0.3) is 0 Å². The average Bonchev–Trinajstić information content (AvgIpc) is 2.38. The summed E-state index contributed by atoms with van der Waals surface area (Å²) in [5.74, 6) is -1.56. The molecule has 1 aromatic carbocycles. The van der Waals surface area contributed by atoms with Gasteiger partial charge < -0.3 is 10.4 Å². The highest BCUT2D eigenvalue weighted by Gasteiger charge is 2.29. The number of rotatable bonds is 5. The average molecular weight is 314 g/mol. The Bertz CT molecular complexity index is 669. The van der Waals surface area contributed by atoms with Crippen LogP contribution in [0.1, 0.15) is 19.4 Å². The molecule has 0 aliphatic heterocycles. The normalized spacial score (nSPS) is 13.0. The molecule has 0 saturated carbocycles. The molecular weight excluding hydrogens is 296 g/mol. The molecule has 0 spiro atoms. The first-order chi connectivity index (χ1) is 9.57. The van der Waals surface area contributed by atoms with Crippen molar-refractivity contribution in [1.29, 1.82) is 0 Å². The van der Waals surface area contributed by atoms with Crippen LogP contribution in [0, 0.1) is 6.92 Å². The molecule has 1 amide bonds. The molecule has 0 bridgehead atoms. The van der Waals surface area contributed by atoms with E-state index in [2.05, 4.69) is 5.32 Å². The molecule has 7 nitrogen and oxygen atoms in total. The van der Waals surface area contributed by atoms with Gasteiger partial charge in [-0.3, -0.25) is 9.59 Å². The summed E-state index contributed by atoms with van der Waals surface area (Å²) in [6, 6.07) is 3.05. The van der Waals surface area contributed by atoms with E-state index in [4.69, 9.17) is 5.11 Å². The van der Waals surface area contributed by atoms with Crippen LogP contribution in [-0.4, -0.2) is 42.8 Å². The number of carbonyl (C=O) groups excluding carboxylic acids is 1. The second-order valence-corrected chi connectivity index (χ2v) is 6.69. The Labute approximate surface area is 123 Å². The van der Waals surface area contributed by atoms with Gasteiger partial charge in [0.1, 0.15) is 6.04 Å². The van der Waals surface area contributed by atoms with Crippen LogP contribution in [0.5, 0.6) is 0 Å². The standard InChI is InChI=1S/C13H18N2O5S/c1-8-5-6-11(7-12(8)14-10(3)16)21(19,20)15(4)9(2)13(17)18/h5-7,9H,1-4H3,(H,14,16)(H,17,18). The zero-order valence-corrected chi connectivity index (χ0v) is 13.1. The smallest absolute Gasteiger partial charge is 0.321 e. The summed E-state index contributed by atoms with van der Waals surface area (Å²) in [6.07, 6.45) is 0. The van der Waals surface area contributed by atoms with E-state index in [0.29, 0.717) is 11.3 Å². The quantitative estimate of drug-likeness (QED) is 0.845. The predicted octanol–water partition coefficient (Wildman–Crippen LogP) is 1.05. The number of aliphatic carboxylic acids is 1. The Morgan fingerprint density at radius 3 is 2.38 bits per heavy atom. The minimum Gasteiger partial charge on any atom is -0.480 e. The van der Waals surface area contributed by atoms with Crippen LogP contribution in [0.15, 0.2) is 23.1 Å². The Hall–Kier alpha value is -1.93. The van der Waals surface area contributed by atoms with Crippen LogP contribution >= 0.6 is 0 Å². The summed E-state index contributed by atoms with van der Waals surface area (Å²) in [6.45, 7) is 4.33. The third-order valence-corrected chi connectivity index (χ3v) is 5.02. The zero-order valence-electron chi connectivity index (χ0n) is 12.2. The highest BCUT2D eigenvalue weighted by molar-refractivity contribution is 7.89. The van der Waals surface area contributed by atoms with E-state index in [-0.39, 0.29) is 10.8 Å². The van der Waals surface area contributed by atoms with Crippen molar-refractivity contribution in [3.63, 3.8) is 0 Å². The Kier molecular flexibility index (Phi) is 5.08. The number of nitrogens with one attached hydrogen (secondary N) is 1. The molecule has 1 atom stereocenters. The Morgan fingerprint density at radius 2 is 1.90 bits per heavy atom. The SMILES string of the molecule is CC(=O)Nc1cc(S(=O)(=O)N(C)C(C)C(=O)O)ccc1C. The summed E-state index contributed by atoms with van der Waals surface area (Å²) in [5, 5.41) is 11.5. The lowest BCUT2D eigenvalue weighted by molar-refractivity contribution is -0.140. The molecule has 8 heteroatoms. The summed E-state index contributed by atoms with van der Waals surface area (Å²) in [5.41, 5.74) is 1.08. The number of aryl methyl sites for hydroxylation is 1. The molecule has 0 heterocycles. The molecule has 0 aliphatic carbocycles. The van der Waals surface area contributed by atoms with E-state index in [9.17, 15) is 18.0 Å². The number of amides is 1. The number of carboxylic acid groups (broad SMARTS) is 1. The zero-order chi connectivity index (χ0) is 16.4. The van der Waals surface area contributed by atoms with Crippen LogP contribution < -0.4 is 5.32 Å². The second-order valence-electron chi connectivity index (χ2n) is 4.69. The summed E-state index contributed by atoms with van der Waals surface area (Å²) in [4.78, 5) is 22.0. The minimum atomic E-state index is -3.96. The fourth-order valence-corrected chi connectivity index (χ4v) is 2.96. The van der Waals surface area contributed by atoms with Gasteiger partial charge in [-0.25, -0.2) is 8.42 Å². The first-order valence-corrected chi connectivity index (χ1v) is 7.60. The molecule has 0 aliphatic rings. The molecule has 116 valence electrons. The number of hydrogen-bond donors (Lipinski definition) is 2. The molecule has 2 N–H and O–H groups in total. The van der Waals surface area contributed by atoms with Crippen molar-refractivity contribution in [2.45, 2.75) is 31.7 Å². The first-order valence-electron chi connectivity index (χ1n) is 6.16. The van der Waals surface area contributed by atoms with Gasteiger partial charge in [-0.05, 0) is 31.5 Å². The molecule has 0 fully saturated rings. The van der Waals surface area contributed by atoms with Crippen LogP contribution in [0.4, 0.5) is 5.69 Å². The lowest BCUT2D eigenvalue weighted by Crippen LogP contribution is -2.40. The van der Waals surface area contributed by atoms with E-state index >= 15 is 0 Å². The molecule has 0 saturated heterocycles. The number of likely N-dealkylation sites (N-methyl/N-ethyl adjacent to an activating group) is 1.